The number of nitriles is 1. The number of hydrogen-bond donors (Lipinski definition) is 2. The van der Waals surface area contributed by atoms with Crippen molar-refractivity contribution in [3.8, 4) is 11.8 Å². The zero-order valence-electron chi connectivity index (χ0n) is 32.2. The van der Waals surface area contributed by atoms with Crippen LogP contribution in [-0.2, 0) is 9.59 Å². The molecule has 0 spiro atoms. The van der Waals surface area contributed by atoms with Crippen LogP contribution in [0.2, 0.25) is 5.02 Å². The molecular formula is C42H43ClFN9O6. The third-order valence-corrected chi connectivity index (χ3v) is 13.2. The molecule has 0 radical (unpaired) electrons. The Balaban J connectivity index is 0.723. The number of rotatable bonds is 9. The highest BCUT2D eigenvalue weighted by molar-refractivity contribution is 6.31. The quantitative estimate of drug-likeness (QED) is 0.300. The molecule has 4 aliphatic heterocycles. The number of nitrogens with one attached hydrogen (secondary N) is 2. The van der Waals surface area contributed by atoms with Gasteiger partial charge in [0.05, 0.1) is 33.5 Å². The molecule has 15 nitrogen and oxygen atoms in total. The average Bonchev–Trinajstić information content (AvgIpc) is 3.66. The number of piperidine rings is 2. The first-order valence-electron chi connectivity index (χ1n) is 20.3. The van der Waals surface area contributed by atoms with Crippen molar-refractivity contribution in [2.24, 2.45) is 17.8 Å². The van der Waals surface area contributed by atoms with E-state index >= 15 is 4.39 Å². The van der Waals surface area contributed by atoms with Crippen LogP contribution in [0.3, 0.4) is 0 Å². The summed E-state index contributed by atoms with van der Waals surface area (Å²) in [6.07, 6.45) is 4.10. The first-order chi connectivity index (χ1) is 28.5. The number of ether oxygens (including phenoxy) is 1. The lowest BCUT2D eigenvalue weighted by atomic mass is 9.93. The molecule has 1 unspecified atom stereocenters. The van der Waals surface area contributed by atoms with Crippen molar-refractivity contribution in [3.63, 3.8) is 0 Å². The van der Waals surface area contributed by atoms with Gasteiger partial charge in [-0.3, -0.25) is 34.2 Å². The molecule has 3 aromatic rings. The van der Waals surface area contributed by atoms with Crippen LogP contribution in [0.5, 0.6) is 5.75 Å². The Morgan fingerprint density at radius 2 is 1.68 bits per heavy atom. The second-order valence-corrected chi connectivity index (χ2v) is 16.8. The van der Waals surface area contributed by atoms with E-state index in [-0.39, 0.29) is 53.4 Å². The molecule has 59 heavy (non-hydrogen) atoms. The number of anilines is 2. The fraction of sp³-hybridized carbons (Fsp3) is 0.476. The van der Waals surface area contributed by atoms with Crippen molar-refractivity contribution < 1.29 is 33.1 Å². The first-order valence-corrected chi connectivity index (χ1v) is 20.7. The van der Waals surface area contributed by atoms with Crippen LogP contribution in [0.1, 0.15) is 81.7 Å². The second-order valence-electron chi connectivity index (χ2n) is 16.4. The lowest BCUT2D eigenvalue weighted by Crippen LogP contribution is -2.54. The number of halogens is 2. The number of fused-ring (bicyclic) bond motifs is 2. The number of aromatic nitrogens is 2. The van der Waals surface area contributed by atoms with Crippen LogP contribution < -0.4 is 25.2 Å². The fourth-order valence-electron chi connectivity index (χ4n) is 9.57. The van der Waals surface area contributed by atoms with Crippen LogP contribution in [0, 0.1) is 34.9 Å². The number of benzene rings is 2. The highest BCUT2D eigenvalue weighted by Gasteiger charge is 2.56. The van der Waals surface area contributed by atoms with Gasteiger partial charge in [-0.15, -0.1) is 10.2 Å². The van der Waals surface area contributed by atoms with E-state index in [2.05, 4.69) is 30.6 Å². The van der Waals surface area contributed by atoms with Crippen LogP contribution >= 0.6 is 11.6 Å². The van der Waals surface area contributed by atoms with Crippen LogP contribution in [0.4, 0.5) is 15.9 Å². The van der Waals surface area contributed by atoms with Gasteiger partial charge < -0.3 is 24.8 Å². The van der Waals surface area contributed by atoms with Gasteiger partial charge in [-0.2, -0.15) is 5.26 Å². The molecule has 2 aliphatic carbocycles. The molecule has 2 aromatic carbocycles. The molecule has 17 heteroatoms. The smallest absolute Gasteiger partial charge is 0.272 e. The van der Waals surface area contributed by atoms with E-state index in [0.717, 1.165) is 81.6 Å². The highest BCUT2D eigenvalue weighted by Crippen LogP contribution is 2.53. The summed E-state index contributed by atoms with van der Waals surface area (Å²) in [4.78, 5) is 71.1. The Hall–Kier alpha value is -5.66. The molecule has 5 fully saturated rings. The van der Waals surface area contributed by atoms with Gasteiger partial charge in [0, 0.05) is 57.8 Å². The maximum Gasteiger partial charge on any atom is 0.272 e. The monoisotopic (exact) mass is 823 g/mol. The van der Waals surface area contributed by atoms with Gasteiger partial charge in [-0.25, -0.2) is 4.39 Å². The highest BCUT2D eigenvalue weighted by atomic mass is 35.5. The maximum absolute atomic E-state index is 15.5. The molecule has 9 rings (SSSR count). The minimum atomic E-state index is -1.10. The predicted molar refractivity (Wildman–Crippen MR) is 211 cm³/mol. The van der Waals surface area contributed by atoms with E-state index in [4.69, 9.17) is 21.6 Å². The van der Waals surface area contributed by atoms with Crippen LogP contribution in [0.15, 0.2) is 42.5 Å². The van der Waals surface area contributed by atoms with Crippen LogP contribution in [0.25, 0.3) is 0 Å². The van der Waals surface area contributed by atoms with Gasteiger partial charge in [0.2, 0.25) is 11.8 Å². The number of nitrogens with zero attached hydrogens (tertiary/aromatic N) is 7. The molecule has 2 saturated carbocycles. The summed E-state index contributed by atoms with van der Waals surface area (Å²) in [5.74, 6) is -0.673. The van der Waals surface area contributed by atoms with E-state index in [1.54, 1.807) is 24.3 Å². The SMILES string of the molecule is N#Cc1ccc(O[C@H]2CC[C@H](NC(=O)c3ccc(N4CCCN(C[C@@H]5[C@H]6CN(c7cc8c(cc7F)C(=O)N(C7CCC(=O)NC7=O)C8=O)C[C@@H]56)CC4)nn3)CC2)cc1Cl. The van der Waals surface area contributed by atoms with Gasteiger partial charge in [0.1, 0.15) is 23.7 Å². The Kier molecular flexibility index (Phi) is 10.4. The Bertz CT molecular complexity index is 2250. The van der Waals surface area contributed by atoms with Crippen molar-refractivity contribution >= 4 is 52.6 Å². The van der Waals surface area contributed by atoms with E-state index in [9.17, 15) is 24.0 Å². The Morgan fingerprint density at radius 3 is 2.37 bits per heavy atom. The summed E-state index contributed by atoms with van der Waals surface area (Å²) < 4.78 is 21.6. The lowest BCUT2D eigenvalue weighted by Gasteiger charge is -2.29. The lowest BCUT2D eigenvalue weighted by molar-refractivity contribution is -0.136. The third-order valence-electron chi connectivity index (χ3n) is 12.9. The Morgan fingerprint density at radius 1 is 0.915 bits per heavy atom. The van der Waals surface area contributed by atoms with Crippen molar-refractivity contribution in [1.29, 1.82) is 5.26 Å². The maximum atomic E-state index is 15.5. The van der Waals surface area contributed by atoms with Gasteiger partial charge in [0.25, 0.3) is 17.7 Å². The van der Waals surface area contributed by atoms with Gasteiger partial charge in [-0.1, -0.05) is 11.6 Å². The molecule has 5 amide bonds. The largest absolute Gasteiger partial charge is 0.490 e. The summed E-state index contributed by atoms with van der Waals surface area (Å²) in [7, 11) is 0. The number of amides is 5. The number of carbonyl (C=O) groups excluding carboxylic acids is 5. The topological polar surface area (TPSA) is 181 Å². The number of imide groups is 2. The summed E-state index contributed by atoms with van der Waals surface area (Å²) >= 11 is 6.15. The molecule has 306 valence electrons. The summed E-state index contributed by atoms with van der Waals surface area (Å²) in [5.41, 5.74) is 0.996. The molecule has 6 aliphatic rings. The summed E-state index contributed by atoms with van der Waals surface area (Å²) in [5, 5.41) is 23.4. The molecule has 1 aromatic heterocycles. The van der Waals surface area contributed by atoms with Gasteiger partial charge >= 0.3 is 0 Å². The minimum Gasteiger partial charge on any atom is -0.490 e. The van der Waals surface area contributed by atoms with Crippen molar-refractivity contribution in [1.82, 2.24) is 30.6 Å². The standard InChI is InChI=1S/C42H43ClFN9O6/c43-32-16-26(5-2-23(32)19-45)59-25-6-3-24(4-7-25)46-39(55)34-8-10-37(49-48-34)51-13-1-12-50(14-15-51)20-29-30-21-52(22-31(29)30)36-18-28-27(17-33(36)44)41(57)53(42(28)58)35-9-11-38(54)47-40(35)56/h2,5,8,10,16-18,24-25,29-31,35H,1,3-4,6-7,9,11-15,20-22H2,(H,46,55)(H,47,54,56)/t24-,25-,29-,30-,31+,35?. The number of hydrogen-bond acceptors (Lipinski definition) is 12. The normalized spacial score (nSPS) is 26.8. The first kappa shape index (κ1) is 38.8. The van der Waals surface area contributed by atoms with Crippen molar-refractivity contribution in [3.05, 3.63) is 75.7 Å². The summed E-state index contributed by atoms with van der Waals surface area (Å²) in [6, 6.07) is 12.2. The van der Waals surface area contributed by atoms with Crippen LogP contribution in [-0.4, -0.2) is 114 Å². The average molecular weight is 824 g/mol. The van der Waals surface area contributed by atoms with Crippen molar-refractivity contribution in [2.45, 2.75) is 63.1 Å². The molecular weight excluding hydrogens is 781 g/mol. The zero-order valence-corrected chi connectivity index (χ0v) is 33.0. The van der Waals surface area contributed by atoms with Gasteiger partial charge in [0.15, 0.2) is 11.5 Å². The molecule has 3 saturated heterocycles. The fourth-order valence-corrected chi connectivity index (χ4v) is 9.78. The number of carbonyl (C=O) groups is 5. The zero-order chi connectivity index (χ0) is 40.9. The summed E-state index contributed by atoms with van der Waals surface area (Å²) in [6.45, 7) is 5.65. The molecule has 4 atom stereocenters. The third kappa shape index (κ3) is 7.69. The molecule has 2 N–H and O–H groups in total. The van der Waals surface area contributed by atoms with E-state index in [1.165, 1.54) is 6.07 Å². The van der Waals surface area contributed by atoms with E-state index in [0.29, 0.717) is 47.2 Å². The molecule has 5 heterocycles. The second kappa shape index (κ2) is 15.8. The predicted octanol–water partition coefficient (Wildman–Crippen LogP) is 3.56. The molecule has 0 bridgehead atoms. The minimum absolute atomic E-state index is 0.00479. The van der Waals surface area contributed by atoms with E-state index in [1.807, 2.05) is 17.0 Å². The van der Waals surface area contributed by atoms with Crippen molar-refractivity contribution in [2.75, 3.05) is 55.6 Å². The van der Waals surface area contributed by atoms with E-state index < -0.39 is 35.5 Å². The Labute approximate surface area is 344 Å². The van der Waals surface area contributed by atoms with Gasteiger partial charge in [-0.05, 0) is 99.2 Å².